The second kappa shape index (κ2) is 2.82. The average Bonchev–Trinajstić information content (AvgIpc) is 2.41. The Kier molecular flexibility index (Phi) is 1.93. The first-order valence-electron chi connectivity index (χ1n) is 3.92. The fourth-order valence-corrected chi connectivity index (χ4v) is 2.36. The predicted octanol–water partition coefficient (Wildman–Crippen LogP) is 2.53. The van der Waals surface area contributed by atoms with Crippen LogP contribution in [-0.2, 0) is 6.42 Å². The summed E-state index contributed by atoms with van der Waals surface area (Å²) in [5, 5.41) is 0. The third kappa shape index (κ3) is 1.08. The van der Waals surface area contributed by atoms with Crippen molar-refractivity contribution in [1.29, 1.82) is 0 Å². The molecule has 1 nitrogen and oxygen atoms in total. The Morgan fingerprint density at radius 1 is 1.50 bits per heavy atom. The van der Waals surface area contributed by atoms with Crippen LogP contribution in [0.1, 0.15) is 23.6 Å². The number of aryl methyl sites for hydroxylation is 1. The van der Waals surface area contributed by atoms with Crippen LogP contribution in [0.25, 0.3) is 0 Å². The minimum absolute atomic E-state index is 0.00470. The highest BCUT2D eigenvalue weighted by Gasteiger charge is 2.23. The van der Waals surface area contributed by atoms with Crippen molar-refractivity contribution in [3.8, 4) is 0 Å². The van der Waals surface area contributed by atoms with Gasteiger partial charge in [-0.1, -0.05) is 6.07 Å². The van der Waals surface area contributed by atoms with E-state index in [0.717, 1.165) is 18.4 Å². The van der Waals surface area contributed by atoms with Crippen molar-refractivity contribution in [2.45, 2.75) is 18.9 Å². The van der Waals surface area contributed by atoms with E-state index in [4.69, 9.17) is 5.73 Å². The van der Waals surface area contributed by atoms with Gasteiger partial charge in [0.05, 0.1) is 4.47 Å². The summed E-state index contributed by atoms with van der Waals surface area (Å²) >= 11 is 3.22. The topological polar surface area (TPSA) is 26.0 Å². The Balaban J connectivity index is 2.63. The number of hydrogen-bond donors (Lipinski definition) is 1. The second-order valence-corrected chi connectivity index (χ2v) is 3.87. The van der Waals surface area contributed by atoms with Gasteiger partial charge in [-0.25, -0.2) is 4.39 Å². The van der Waals surface area contributed by atoms with Crippen molar-refractivity contribution >= 4 is 15.9 Å². The van der Waals surface area contributed by atoms with Crippen LogP contribution >= 0.6 is 15.9 Å². The van der Waals surface area contributed by atoms with E-state index in [1.807, 2.05) is 6.07 Å². The van der Waals surface area contributed by atoms with Crippen molar-refractivity contribution in [2.75, 3.05) is 0 Å². The van der Waals surface area contributed by atoms with E-state index < -0.39 is 0 Å². The lowest BCUT2D eigenvalue weighted by atomic mass is 10.1. The molecule has 1 aliphatic rings. The number of benzene rings is 1. The molecule has 2 N–H and O–H groups in total. The molecule has 0 aliphatic heterocycles. The van der Waals surface area contributed by atoms with E-state index in [1.54, 1.807) is 0 Å². The van der Waals surface area contributed by atoms with Gasteiger partial charge in [0.1, 0.15) is 5.82 Å². The molecule has 0 saturated heterocycles. The smallest absolute Gasteiger partial charge is 0.137 e. The third-order valence-electron chi connectivity index (χ3n) is 2.32. The number of hydrogen-bond acceptors (Lipinski definition) is 1. The van der Waals surface area contributed by atoms with Crippen molar-refractivity contribution in [2.24, 2.45) is 5.73 Å². The molecule has 12 heavy (non-hydrogen) atoms. The molecule has 0 radical (unpaired) electrons. The molecule has 0 heterocycles. The summed E-state index contributed by atoms with van der Waals surface area (Å²) < 4.78 is 13.6. The summed E-state index contributed by atoms with van der Waals surface area (Å²) in [7, 11) is 0. The fraction of sp³-hybridized carbons (Fsp3) is 0.333. The summed E-state index contributed by atoms with van der Waals surface area (Å²) in [6.45, 7) is 0. The third-order valence-corrected chi connectivity index (χ3v) is 3.12. The van der Waals surface area contributed by atoms with Gasteiger partial charge in [0.15, 0.2) is 0 Å². The molecule has 1 atom stereocenters. The number of halogens is 2. The van der Waals surface area contributed by atoms with Gasteiger partial charge in [-0.2, -0.15) is 0 Å². The molecule has 0 aromatic heterocycles. The van der Waals surface area contributed by atoms with E-state index in [2.05, 4.69) is 15.9 Å². The lowest BCUT2D eigenvalue weighted by Gasteiger charge is -2.07. The zero-order valence-electron chi connectivity index (χ0n) is 6.48. The Labute approximate surface area is 78.9 Å². The Morgan fingerprint density at radius 3 is 3.00 bits per heavy atom. The molecule has 0 fully saturated rings. The molecule has 1 aliphatic carbocycles. The highest BCUT2D eigenvalue weighted by molar-refractivity contribution is 9.10. The van der Waals surface area contributed by atoms with E-state index >= 15 is 0 Å². The lowest BCUT2D eigenvalue weighted by molar-refractivity contribution is 0.614. The van der Waals surface area contributed by atoms with Crippen LogP contribution < -0.4 is 5.73 Å². The van der Waals surface area contributed by atoms with Crippen LogP contribution in [0.5, 0.6) is 0 Å². The quantitative estimate of drug-likeness (QED) is 0.728. The normalized spacial score (nSPS) is 21.1. The van der Waals surface area contributed by atoms with Crippen molar-refractivity contribution in [3.05, 3.63) is 33.5 Å². The van der Waals surface area contributed by atoms with Crippen molar-refractivity contribution < 1.29 is 4.39 Å². The first-order valence-corrected chi connectivity index (χ1v) is 4.72. The van der Waals surface area contributed by atoms with Gasteiger partial charge in [0, 0.05) is 6.04 Å². The summed E-state index contributed by atoms with van der Waals surface area (Å²) in [5.74, 6) is -0.217. The number of fused-ring (bicyclic) bond motifs is 1. The molecule has 1 aromatic carbocycles. The zero-order chi connectivity index (χ0) is 8.72. The molecule has 0 unspecified atom stereocenters. The van der Waals surface area contributed by atoms with Gasteiger partial charge in [-0.3, -0.25) is 0 Å². The van der Waals surface area contributed by atoms with Gasteiger partial charge in [-0.05, 0) is 46.0 Å². The minimum atomic E-state index is -0.217. The maximum atomic E-state index is 13.0. The van der Waals surface area contributed by atoms with Gasteiger partial charge in [0.2, 0.25) is 0 Å². The molecule has 0 bridgehead atoms. The minimum Gasteiger partial charge on any atom is -0.324 e. The van der Waals surface area contributed by atoms with Gasteiger partial charge in [-0.15, -0.1) is 0 Å². The largest absolute Gasteiger partial charge is 0.324 e. The van der Waals surface area contributed by atoms with Crippen LogP contribution in [0.2, 0.25) is 0 Å². The van der Waals surface area contributed by atoms with Crippen molar-refractivity contribution in [1.82, 2.24) is 0 Å². The van der Waals surface area contributed by atoms with Gasteiger partial charge in [0.25, 0.3) is 0 Å². The monoisotopic (exact) mass is 229 g/mol. The average molecular weight is 230 g/mol. The Bertz CT molecular complexity index is 325. The van der Waals surface area contributed by atoms with Crippen LogP contribution in [0, 0.1) is 5.82 Å². The molecule has 64 valence electrons. The predicted molar refractivity (Wildman–Crippen MR) is 49.3 cm³/mol. The highest BCUT2D eigenvalue weighted by Crippen LogP contribution is 2.36. The summed E-state index contributed by atoms with van der Waals surface area (Å²) in [5.41, 5.74) is 7.95. The Morgan fingerprint density at radius 2 is 2.25 bits per heavy atom. The van der Waals surface area contributed by atoms with E-state index in [-0.39, 0.29) is 11.9 Å². The van der Waals surface area contributed by atoms with Crippen LogP contribution in [-0.4, -0.2) is 0 Å². The number of rotatable bonds is 0. The first kappa shape index (κ1) is 8.20. The summed E-state index contributed by atoms with van der Waals surface area (Å²) in [6, 6.07) is 3.31. The summed E-state index contributed by atoms with van der Waals surface area (Å²) in [4.78, 5) is 0. The van der Waals surface area contributed by atoms with Crippen LogP contribution in [0.15, 0.2) is 16.6 Å². The molecule has 2 rings (SSSR count). The second-order valence-electron chi connectivity index (χ2n) is 3.08. The van der Waals surface area contributed by atoms with Crippen LogP contribution in [0.3, 0.4) is 0 Å². The molecule has 0 spiro atoms. The van der Waals surface area contributed by atoms with E-state index in [9.17, 15) is 4.39 Å². The molecule has 0 amide bonds. The van der Waals surface area contributed by atoms with Crippen molar-refractivity contribution in [3.63, 3.8) is 0 Å². The van der Waals surface area contributed by atoms with E-state index in [0.29, 0.717) is 4.47 Å². The molecule has 0 saturated carbocycles. The maximum Gasteiger partial charge on any atom is 0.137 e. The van der Waals surface area contributed by atoms with Crippen LogP contribution in [0.4, 0.5) is 4.39 Å². The maximum absolute atomic E-state index is 13.0. The van der Waals surface area contributed by atoms with Gasteiger partial charge >= 0.3 is 0 Å². The molecular formula is C9H9BrFN. The molecule has 3 heteroatoms. The molecular weight excluding hydrogens is 221 g/mol. The first-order chi connectivity index (χ1) is 5.70. The zero-order valence-corrected chi connectivity index (χ0v) is 8.07. The van der Waals surface area contributed by atoms with E-state index in [1.165, 1.54) is 11.6 Å². The molecule has 1 aromatic rings. The standard InChI is InChI=1S/C9H9BrFN/c10-9-6(11)3-1-5-2-4-7(12)8(5)9/h1,3,7H,2,4,12H2/t7-/m1/s1. The fourth-order valence-electron chi connectivity index (χ4n) is 1.68. The summed E-state index contributed by atoms with van der Waals surface area (Å²) in [6.07, 6.45) is 1.90. The van der Waals surface area contributed by atoms with Gasteiger partial charge < -0.3 is 5.73 Å². The lowest BCUT2D eigenvalue weighted by Crippen LogP contribution is -2.06. The SMILES string of the molecule is N[C@@H]1CCc2ccc(F)c(Br)c21. The number of nitrogens with two attached hydrogens (primary N) is 1. The highest BCUT2D eigenvalue weighted by atomic mass is 79.9. The Hall–Kier alpha value is -0.410.